The largest absolute Gasteiger partial charge is 0.359 e. The molecule has 8 heteroatoms. The predicted octanol–water partition coefficient (Wildman–Crippen LogP) is 4.29. The normalized spacial score (nSPS) is 35.4. The lowest BCUT2D eigenvalue weighted by Gasteiger charge is -2.38. The van der Waals surface area contributed by atoms with Gasteiger partial charge in [-0.15, -0.1) is 11.3 Å². The fourth-order valence-electron chi connectivity index (χ4n) is 7.00. The Labute approximate surface area is 227 Å². The van der Waals surface area contributed by atoms with Crippen LogP contribution in [0.5, 0.6) is 0 Å². The number of rotatable bonds is 6. The van der Waals surface area contributed by atoms with E-state index in [0.717, 1.165) is 29.7 Å². The molecule has 200 valence electrons. The van der Waals surface area contributed by atoms with E-state index in [4.69, 9.17) is 4.74 Å². The Morgan fingerprint density at radius 3 is 2.76 bits per heavy atom. The van der Waals surface area contributed by atoms with Crippen LogP contribution in [0, 0.1) is 30.6 Å². The van der Waals surface area contributed by atoms with E-state index < -0.39 is 29.6 Å². The van der Waals surface area contributed by atoms with Crippen LogP contribution in [-0.4, -0.2) is 46.4 Å². The summed E-state index contributed by atoms with van der Waals surface area (Å²) in [5, 5.41) is 8.27. The lowest BCUT2D eigenvalue weighted by Crippen LogP contribution is -2.57. The third-order valence-electron chi connectivity index (χ3n) is 9.15. The maximum atomic E-state index is 14.1. The molecule has 3 fully saturated rings. The van der Waals surface area contributed by atoms with Crippen molar-refractivity contribution in [1.82, 2.24) is 10.2 Å². The predicted molar refractivity (Wildman–Crippen MR) is 146 cm³/mol. The van der Waals surface area contributed by atoms with Crippen LogP contribution < -0.4 is 10.6 Å². The van der Waals surface area contributed by atoms with Crippen LogP contribution in [0.25, 0.3) is 0 Å². The smallest absolute Gasteiger partial charge is 0.246 e. The fourth-order valence-corrected chi connectivity index (χ4v) is 7.71. The molecule has 38 heavy (non-hydrogen) atoms. The first-order valence-corrected chi connectivity index (χ1v) is 14.5. The summed E-state index contributed by atoms with van der Waals surface area (Å²) in [5.74, 6) is -1.20. The molecule has 0 radical (unpaired) electrons. The Morgan fingerprint density at radius 1 is 1.16 bits per heavy atom. The van der Waals surface area contributed by atoms with E-state index in [-0.39, 0.29) is 23.8 Å². The molecule has 1 aromatic heterocycles. The maximum absolute atomic E-state index is 14.1. The molecule has 1 saturated carbocycles. The molecule has 7 nitrogen and oxygen atoms in total. The van der Waals surface area contributed by atoms with Crippen molar-refractivity contribution in [3.63, 3.8) is 0 Å². The molecular formula is C30H35N3O4S. The number of carbonyl (C=O) groups is 3. The number of hydrogen-bond donors (Lipinski definition) is 2. The van der Waals surface area contributed by atoms with Crippen LogP contribution in [0.4, 0.5) is 5.69 Å². The van der Waals surface area contributed by atoms with Crippen molar-refractivity contribution in [3.8, 4) is 0 Å². The Bertz CT molecular complexity index is 1280. The number of fused-ring (bicyclic) bond motifs is 1. The highest BCUT2D eigenvalue weighted by molar-refractivity contribution is 7.09. The van der Waals surface area contributed by atoms with Crippen LogP contribution >= 0.6 is 11.3 Å². The van der Waals surface area contributed by atoms with E-state index in [9.17, 15) is 14.4 Å². The van der Waals surface area contributed by atoms with Gasteiger partial charge < -0.3 is 20.3 Å². The van der Waals surface area contributed by atoms with Crippen LogP contribution in [0.1, 0.15) is 43.6 Å². The summed E-state index contributed by atoms with van der Waals surface area (Å²) in [4.78, 5) is 44.4. The first-order chi connectivity index (χ1) is 18.3. The van der Waals surface area contributed by atoms with Crippen molar-refractivity contribution in [2.45, 2.75) is 70.4 Å². The lowest BCUT2D eigenvalue weighted by molar-refractivity contribution is -0.142. The summed E-state index contributed by atoms with van der Waals surface area (Å²) in [6.45, 7) is 6.72. The molecule has 8 atom stereocenters. The second kappa shape index (κ2) is 9.65. The molecule has 3 aliphatic heterocycles. The summed E-state index contributed by atoms with van der Waals surface area (Å²) in [7, 11) is 0. The first-order valence-electron chi connectivity index (χ1n) is 13.7. The van der Waals surface area contributed by atoms with Crippen molar-refractivity contribution in [1.29, 1.82) is 0 Å². The average Bonchev–Trinajstić information content (AvgIpc) is 3.65. The second-order valence-corrected chi connectivity index (χ2v) is 12.5. The molecule has 4 aliphatic rings. The van der Waals surface area contributed by atoms with Gasteiger partial charge in [0.2, 0.25) is 17.7 Å². The molecule has 6 rings (SSSR count). The van der Waals surface area contributed by atoms with E-state index in [1.165, 1.54) is 0 Å². The fraction of sp³-hybridized carbons (Fsp3) is 0.500. The number of nitrogens with zero attached hydrogens (tertiary/aromatic N) is 1. The molecule has 1 aliphatic carbocycles. The first kappa shape index (κ1) is 25.3. The summed E-state index contributed by atoms with van der Waals surface area (Å²) in [6.07, 6.45) is 6.37. The minimum Gasteiger partial charge on any atom is -0.359 e. The Hall–Kier alpha value is -2.97. The zero-order valence-electron chi connectivity index (χ0n) is 22.1. The SMILES string of the molecule is Cc1cccc(NC(=O)C2C3C=CC4(O3)C2C(=O)N(Cc2cccs2)C4C(=O)NC2CCCC(C)C2C)c1. The number of benzene rings is 1. The monoisotopic (exact) mass is 533 g/mol. The van der Waals surface area contributed by atoms with Crippen molar-refractivity contribution in [2.24, 2.45) is 23.7 Å². The van der Waals surface area contributed by atoms with Crippen LogP contribution in [0.15, 0.2) is 53.9 Å². The number of aryl methyl sites for hydroxylation is 1. The summed E-state index contributed by atoms with van der Waals surface area (Å²) in [5.41, 5.74) is 0.568. The molecule has 1 aromatic carbocycles. The minimum atomic E-state index is -1.15. The second-order valence-electron chi connectivity index (χ2n) is 11.5. The van der Waals surface area contributed by atoms with E-state index in [2.05, 4.69) is 24.5 Å². The number of amides is 3. The number of thiophene rings is 1. The third-order valence-corrected chi connectivity index (χ3v) is 10.0. The van der Waals surface area contributed by atoms with Gasteiger partial charge >= 0.3 is 0 Å². The molecule has 8 unspecified atom stereocenters. The maximum Gasteiger partial charge on any atom is 0.246 e. The highest BCUT2D eigenvalue weighted by Crippen LogP contribution is 2.55. The van der Waals surface area contributed by atoms with E-state index in [0.29, 0.717) is 24.1 Å². The summed E-state index contributed by atoms with van der Waals surface area (Å²) >= 11 is 1.55. The van der Waals surface area contributed by atoms with Gasteiger partial charge in [0.15, 0.2) is 0 Å². The number of anilines is 1. The highest BCUT2D eigenvalue weighted by Gasteiger charge is 2.72. The van der Waals surface area contributed by atoms with Gasteiger partial charge in [-0.3, -0.25) is 14.4 Å². The van der Waals surface area contributed by atoms with Crippen molar-refractivity contribution < 1.29 is 19.1 Å². The van der Waals surface area contributed by atoms with E-state index in [1.807, 2.05) is 60.9 Å². The quantitative estimate of drug-likeness (QED) is 0.543. The highest BCUT2D eigenvalue weighted by atomic mass is 32.1. The molecule has 2 aromatic rings. The van der Waals surface area contributed by atoms with Gasteiger partial charge in [-0.05, 0) is 54.3 Å². The number of hydrogen-bond acceptors (Lipinski definition) is 5. The molecular weight excluding hydrogens is 498 g/mol. The molecule has 3 amide bonds. The van der Waals surface area contributed by atoms with Gasteiger partial charge in [-0.2, -0.15) is 0 Å². The zero-order chi connectivity index (χ0) is 26.6. The molecule has 2 saturated heterocycles. The number of carbonyl (C=O) groups excluding carboxylic acids is 3. The Morgan fingerprint density at radius 2 is 2.00 bits per heavy atom. The third kappa shape index (κ3) is 4.09. The molecule has 2 bridgehead atoms. The van der Waals surface area contributed by atoms with Gasteiger partial charge in [-0.25, -0.2) is 0 Å². The number of nitrogens with one attached hydrogen (secondary N) is 2. The standard InChI is InChI=1S/C30H35N3O4S/c1-17-7-4-9-20(15-17)31-27(34)24-23-12-13-30(37-23)25(24)29(36)33(16-21-10-6-14-38-21)26(30)28(35)32-22-11-5-8-18(2)19(22)3/h4,6-7,9-10,12-15,18-19,22-26H,5,8,11,16H2,1-3H3,(H,31,34)(H,32,35). The van der Waals surface area contributed by atoms with Crippen LogP contribution in [-0.2, 0) is 25.7 Å². The average molecular weight is 534 g/mol. The zero-order valence-corrected chi connectivity index (χ0v) is 22.9. The molecule has 1 spiro atoms. The van der Waals surface area contributed by atoms with Crippen molar-refractivity contribution in [3.05, 3.63) is 64.4 Å². The van der Waals surface area contributed by atoms with Crippen LogP contribution in [0.3, 0.4) is 0 Å². The molecule has 4 heterocycles. The van der Waals surface area contributed by atoms with Gasteiger partial charge in [0, 0.05) is 16.6 Å². The van der Waals surface area contributed by atoms with Gasteiger partial charge in [0.25, 0.3) is 0 Å². The summed E-state index contributed by atoms with van der Waals surface area (Å²) in [6, 6.07) is 10.7. The van der Waals surface area contributed by atoms with Gasteiger partial charge in [-0.1, -0.05) is 57.0 Å². The number of ether oxygens (including phenoxy) is 1. The lowest BCUT2D eigenvalue weighted by atomic mass is 9.73. The Kier molecular flexibility index (Phi) is 6.43. The van der Waals surface area contributed by atoms with Crippen molar-refractivity contribution >= 4 is 34.7 Å². The van der Waals surface area contributed by atoms with Gasteiger partial charge in [0.05, 0.1) is 24.5 Å². The summed E-state index contributed by atoms with van der Waals surface area (Å²) < 4.78 is 6.48. The molecule has 2 N–H and O–H groups in total. The minimum absolute atomic E-state index is 0.0587. The van der Waals surface area contributed by atoms with E-state index >= 15 is 0 Å². The van der Waals surface area contributed by atoms with Crippen molar-refractivity contribution in [2.75, 3.05) is 5.32 Å². The number of likely N-dealkylation sites (tertiary alicyclic amines) is 1. The van der Waals surface area contributed by atoms with Crippen LogP contribution in [0.2, 0.25) is 0 Å². The Balaban J connectivity index is 1.32. The van der Waals surface area contributed by atoms with E-state index in [1.54, 1.807) is 16.2 Å². The van der Waals surface area contributed by atoms with Gasteiger partial charge in [0.1, 0.15) is 11.6 Å². The topological polar surface area (TPSA) is 87.7 Å².